The monoisotopic (exact) mass is 534 g/mol. The van der Waals surface area contributed by atoms with Gasteiger partial charge in [-0.25, -0.2) is 0 Å². The predicted molar refractivity (Wildman–Crippen MR) is 135 cm³/mol. The summed E-state index contributed by atoms with van der Waals surface area (Å²) in [6.07, 6.45) is 8.01. The Morgan fingerprint density at radius 2 is 1.77 bits per heavy atom. The third kappa shape index (κ3) is 6.69. The van der Waals surface area contributed by atoms with Crippen LogP contribution in [0.5, 0.6) is 0 Å². The molecule has 30 heavy (non-hydrogen) atoms. The van der Waals surface area contributed by atoms with Crippen LogP contribution in [0, 0.1) is 0 Å². The molecule has 0 aromatic rings. The highest BCUT2D eigenvalue weighted by Crippen LogP contribution is 2.31. The molecule has 7 nitrogen and oxygen atoms in total. The van der Waals surface area contributed by atoms with Crippen molar-refractivity contribution in [1.29, 1.82) is 0 Å². The van der Waals surface area contributed by atoms with Crippen LogP contribution in [0.15, 0.2) is 4.99 Å². The molecule has 0 saturated carbocycles. The van der Waals surface area contributed by atoms with E-state index in [1.54, 1.807) is 0 Å². The molecule has 3 aliphatic rings. The molecule has 1 unspecified atom stereocenters. The minimum Gasteiger partial charge on any atom is -0.357 e. The fourth-order valence-electron chi connectivity index (χ4n) is 5.05. The van der Waals surface area contributed by atoms with E-state index in [2.05, 4.69) is 34.4 Å². The second-order valence-corrected chi connectivity index (χ2v) is 9.09. The molecule has 0 spiro atoms. The van der Waals surface area contributed by atoms with E-state index in [1.807, 2.05) is 11.8 Å². The van der Waals surface area contributed by atoms with Crippen LogP contribution < -0.4 is 10.6 Å². The van der Waals surface area contributed by atoms with Gasteiger partial charge in [-0.1, -0.05) is 13.3 Å². The van der Waals surface area contributed by atoms with Crippen molar-refractivity contribution < 1.29 is 4.79 Å². The lowest BCUT2D eigenvalue weighted by atomic mass is 9.84. The first-order chi connectivity index (χ1) is 14.1. The van der Waals surface area contributed by atoms with Gasteiger partial charge in [0.05, 0.1) is 6.54 Å². The Bertz CT molecular complexity index is 558. The lowest BCUT2D eigenvalue weighted by Gasteiger charge is -2.49. The molecular formula is C22H43IN6O. The number of piperidine rings is 2. The summed E-state index contributed by atoms with van der Waals surface area (Å²) in [5.74, 6) is 1.17. The van der Waals surface area contributed by atoms with E-state index < -0.39 is 0 Å². The maximum absolute atomic E-state index is 12.0. The van der Waals surface area contributed by atoms with E-state index in [-0.39, 0.29) is 35.4 Å². The first-order valence-electron chi connectivity index (χ1n) is 11.8. The number of hydrogen-bond donors (Lipinski definition) is 2. The standard InChI is InChI=1S/C22H42N6O.HI/c1-4-20(29)27-14-9-19(17-27)25-21(23-5-2)24-18-22(10-15-26(3)16-11-22)28-12-7-6-8-13-28;/h19H,4-18H2,1-3H3,(H2,23,24,25);1H. The Morgan fingerprint density at radius 3 is 2.40 bits per heavy atom. The quantitative estimate of drug-likeness (QED) is 0.311. The van der Waals surface area contributed by atoms with Gasteiger partial charge in [0.25, 0.3) is 0 Å². The molecule has 0 aromatic carbocycles. The van der Waals surface area contributed by atoms with Gasteiger partial charge in [-0.15, -0.1) is 24.0 Å². The number of nitrogens with zero attached hydrogens (tertiary/aromatic N) is 4. The highest BCUT2D eigenvalue weighted by Gasteiger charge is 2.39. The molecule has 3 rings (SSSR count). The third-order valence-corrected chi connectivity index (χ3v) is 7.00. The summed E-state index contributed by atoms with van der Waals surface area (Å²) in [4.78, 5) is 24.3. The maximum Gasteiger partial charge on any atom is 0.222 e. The fraction of sp³-hybridized carbons (Fsp3) is 0.909. The number of aliphatic imine (C=N–C) groups is 1. The van der Waals surface area contributed by atoms with Gasteiger partial charge in [-0.05, 0) is 72.3 Å². The Morgan fingerprint density at radius 1 is 1.07 bits per heavy atom. The molecule has 0 radical (unpaired) electrons. The van der Waals surface area contributed by atoms with Crippen LogP contribution in [0.4, 0.5) is 0 Å². The van der Waals surface area contributed by atoms with Crippen LogP contribution in [0.25, 0.3) is 0 Å². The van der Waals surface area contributed by atoms with E-state index in [0.29, 0.717) is 12.5 Å². The molecule has 2 N–H and O–H groups in total. The summed E-state index contributed by atoms with van der Waals surface area (Å²) in [5, 5.41) is 7.05. The number of halogens is 1. The summed E-state index contributed by atoms with van der Waals surface area (Å²) in [6, 6.07) is 0.298. The van der Waals surface area contributed by atoms with Gasteiger partial charge < -0.3 is 20.4 Å². The van der Waals surface area contributed by atoms with Gasteiger partial charge in [-0.3, -0.25) is 14.7 Å². The number of hydrogen-bond acceptors (Lipinski definition) is 4. The molecule has 3 heterocycles. The molecule has 0 aliphatic carbocycles. The summed E-state index contributed by atoms with van der Waals surface area (Å²) >= 11 is 0. The van der Waals surface area contributed by atoms with Crippen molar-refractivity contribution in [2.75, 3.05) is 59.4 Å². The highest BCUT2D eigenvalue weighted by molar-refractivity contribution is 14.0. The number of rotatable bonds is 6. The Balaban J connectivity index is 0.00000320. The van der Waals surface area contributed by atoms with E-state index in [9.17, 15) is 4.79 Å². The maximum atomic E-state index is 12.0. The second-order valence-electron chi connectivity index (χ2n) is 9.09. The SMILES string of the molecule is CCNC(=NCC1(N2CCCCC2)CCN(C)CC1)NC1CCN(C(=O)CC)C1.I. The molecule has 8 heteroatoms. The van der Waals surface area contributed by atoms with Gasteiger partial charge >= 0.3 is 0 Å². The van der Waals surface area contributed by atoms with E-state index >= 15 is 0 Å². The van der Waals surface area contributed by atoms with Crippen molar-refractivity contribution >= 4 is 35.8 Å². The van der Waals surface area contributed by atoms with Gasteiger partial charge in [0, 0.05) is 37.6 Å². The van der Waals surface area contributed by atoms with E-state index in [4.69, 9.17) is 4.99 Å². The molecule has 174 valence electrons. The van der Waals surface area contributed by atoms with Crippen molar-refractivity contribution in [3.63, 3.8) is 0 Å². The van der Waals surface area contributed by atoms with Crippen LogP contribution in [0.1, 0.15) is 58.8 Å². The fourth-order valence-corrected chi connectivity index (χ4v) is 5.05. The Kier molecular flexibility index (Phi) is 10.6. The smallest absolute Gasteiger partial charge is 0.222 e. The molecule has 0 bridgehead atoms. The number of nitrogens with one attached hydrogen (secondary N) is 2. The summed E-state index contributed by atoms with van der Waals surface area (Å²) in [7, 11) is 2.23. The summed E-state index contributed by atoms with van der Waals surface area (Å²) < 4.78 is 0. The zero-order valence-electron chi connectivity index (χ0n) is 19.3. The van der Waals surface area contributed by atoms with Crippen molar-refractivity contribution in [2.24, 2.45) is 4.99 Å². The largest absolute Gasteiger partial charge is 0.357 e. The minimum absolute atomic E-state index is 0. The number of likely N-dealkylation sites (tertiary alicyclic amines) is 3. The average Bonchev–Trinajstić information content (AvgIpc) is 3.22. The lowest BCUT2D eigenvalue weighted by molar-refractivity contribution is -0.129. The number of guanidine groups is 1. The van der Waals surface area contributed by atoms with Crippen molar-refractivity contribution in [1.82, 2.24) is 25.3 Å². The van der Waals surface area contributed by atoms with Gasteiger partial charge in [0.2, 0.25) is 5.91 Å². The highest BCUT2D eigenvalue weighted by atomic mass is 127. The molecule has 0 aromatic heterocycles. The predicted octanol–water partition coefficient (Wildman–Crippen LogP) is 2.12. The molecule has 3 fully saturated rings. The zero-order chi connectivity index (χ0) is 20.7. The molecular weight excluding hydrogens is 491 g/mol. The molecule has 1 atom stereocenters. The van der Waals surface area contributed by atoms with Crippen molar-refractivity contribution in [3.8, 4) is 0 Å². The lowest BCUT2D eigenvalue weighted by Crippen LogP contribution is -2.58. The normalized spacial score (nSPS) is 25.6. The van der Waals surface area contributed by atoms with Gasteiger partial charge in [0.1, 0.15) is 0 Å². The number of carbonyl (C=O) groups excluding carboxylic acids is 1. The van der Waals surface area contributed by atoms with Crippen molar-refractivity contribution in [3.05, 3.63) is 0 Å². The molecule has 1 amide bonds. The van der Waals surface area contributed by atoms with Crippen LogP contribution in [0.2, 0.25) is 0 Å². The molecule has 3 aliphatic heterocycles. The topological polar surface area (TPSA) is 63.2 Å². The first-order valence-corrected chi connectivity index (χ1v) is 11.8. The average molecular weight is 535 g/mol. The summed E-state index contributed by atoms with van der Waals surface area (Å²) in [6.45, 7) is 12.2. The van der Waals surface area contributed by atoms with E-state index in [1.165, 1.54) is 45.2 Å². The number of carbonyl (C=O) groups is 1. The van der Waals surface area contributed by atoms with E-state index in [0.717, 1.165) is 51.6 Å². The van der Waals surface area contributed by atoms with Gasteiger partial charge in [-0.2, -0.15) is 0 Å². The van der Waals surface area contributed by atoms with Crippen LogP contribution in [-0.4, -0.2) is 97.6 Å². The molecule has 3 saturated heterocycles. The third-order valence-electron chi connectivity index (χ3n) is 7.00. The first kappa shape index (κ1) is 25.6. The van der Waals surface area contributed by atoms with Gasteiger partial charge in [0.15, 0.2) is 5.96 Å². The Hall–Kier alpha value is -0.610. The second kappa shape index (κ2) is 12.4. The van der Waals surface area contributed by atoms with Crippen LogP contribution in [0.3, 0.4) is 0 Å². The van der Waals surface area contributed by atoms with Crippen LogP contribution >= 0.6 is 24.0 Å². The van der Waals surface area contributed by atoms with Crippen LogP contribution in [-0.2, 0) is 4.79 Å². The minimum atomic E-state index is 0. The van der Waals surface area contributed by atoms with Crippen molar-refractivity contribution in [2.45, 2.75) is 70.4 Å². The summed E-state index contributed by atoms with van der Waals surface area (Å²) in [5.41, 5.74) is 0.204. The Labute approximate surface area is 200 Å². The number of amides is 1. The zero-order valence-corrected chi connectivity index (χ0v) is 21.6.